The Hall–Kier alpha value is -3.36. The van der Waals surface area contributed by atoms with E-state index >= 15 is 0 Å². The summed E-state index contributed by atoms with van der Waals surface area (Å²) in [7, 11) is -1.60. The molecule has 3 aromatic rings. The Bertz CT molecular complexity index is 1210. The quantitative estimate of drug-likeness (QED) is 0.558. The number of piperazine rings is 1. The molecule has 0 bridgehead atoms. The van der Waals surface area contributed by atoms with Gasteiger partial charge in [-0.2, -0.15) is 0 Å². The Morgan fingerprint density at radius 3 is 2.09 bits per heavy atom. The lowest BCUT2D eigenvalue weighted by Crippen LogP contribution is -2.44. The molecule has 0 aliphatic carbocycles. The number of sulfonamides is 1. The Morgan fingerprint density at radius 2 is 1.50 bits per heavy atom. The van der Waals surface area contributed by atoms with Crippen LogP contribution in [-0.2, 0) is 10.0 Å². The van der Waals surface area contributed by atoms with Gasteiger partial charge in [-0.25, -0.2) is 8.42 Å². The minimum Gasteiger partial charge on any atom is -0.369 e. The second-order valence-electron chi connectivity index (χ2n) is 8.32. The number of hydrogen-bond donors (Lipinski definition) is 1. The monoisotopic (exact) mass is 478 g/mol. The van der Waals surface area contributed by atoms with Crippen LogP contribution in [0.15, 0.2) is 83.8 Å². The zero-order valence-electron chi connectivity index (χ0n) is 19.5. The minimum atomic E-state index is -3.73. The van der Waals surface area contributed by atoms with Crippen molar-refractivity contribution in [1.82, 2.24) is 4.90 Å². The molecule has 7 nitrogen and oxygen atoms in total. The number of nitrogens with one attached hydrogen (secondary N) is 1. The van der Waals surface area contributed by atoms with Gasteiger partial charge < -0.3 is 15.1 Å². The number of hydrogen-bond acceptors (Lipinski definition) is 5. The molecule has 1 N–H and O–H groups in total. The van der Waals surface area contributed by atoms with E-state index in [4.69, 9.17) is 0 Å². The predicted octanol–water partition coefficient (Wildman–Crippen LogP) is 3.91. The fraction of sp³-hybridized carbons (Fsp3) is 0.269. The van der Waals surface area contributed by atoms with Gasteiger partial charge in [0.15, 0.2) is 0 Å². The zero-order valence-corrected chi connectivity index (χ0v) is 20.3. The molecule has 0 spiro atoms. The predicted molar refractivity (Wildman–Crippen MR) is 137 cm³/mol. The van der Waals surface area contributed by atoms with Crippen LogP contribution in [0, 0.1) is 0 Å². The maximum atomic E-state index is 13.1. The van der Waals surface area contributed by atoms with E-state index in [-0.39, 0.29) is 10.8 Å². The van der Waals surface area contributed by atoms with Crippen molar-refractivity contribution in [3.8, 4) is 0 Å². The van der Waals surface area contributed by atoms with Crippen LogP contribution in [0.1, 0.15) is 17.3 Å². The Labute approximate surface area is 201 Å². The summed E-state index contributed by atoms with van der Waals surface area (Å²) < 4.78 is 27.6. The number of carbonyl (C=O) groups is 1. The molecule has 8 heteroatoms. The highest BCUT2D eigenvalue weighted by atomic mass is 32.2. The van der Waals surface area contributed by atoms with Crippen LogP contribution in [0.25, 0.3) is 0 Å². The van der Waals surface area contributed by atoms with Gasteiger partial charge in [-0.05, 0) is 74.6 Å². The van der Waals surface area contributed by atoms with Crippen molar-refractivity contribution in [1.29, 1.82) is 0 Å². The highest BCUT2D eigenvalue weighted by molar-refractivity contribution is 7.92. The summed E-state index contributed by atoms with van der Waals surface area (Å²) in [4.78, 5) is 17.5. The molecule has 0 radical (unpaired) electrons. The maximum absolute atomic E-state index is 13.1. The third kappa shape index (κ3) is 5.24. The molecule has 1 aliphatic heterocycles. The maximum Gasteiger partial charge on any atom is 0.264 e. The average molecular weight is 479 g/mol. The summed E-state index contributed by atoms with van der Waals surface area (Å²) in [5, 5.41) is 2.89. The summed E-state index contributed by atoms with van der Waals surface area (Å²) >= 11 is 0. The van der Waals surface area contributed by atoms with E-state index in [1.807, 2.05) is 30.3 Å². The molecule has 1 amide bonds. The van der Waals surface area contributed by atoms with E-state index in [1.54, 1.807) is 43.3 Å². The smallest absolute Gasteiger partial charge is 0.264 e. The summed E-state index contributed by atoms with van der Waals surface area (Å²) in [6.45, 7) is 6.13. The van der Waals surface area contributed by atoms with E-state index in [1.165, 1.54) is 16.4 Å². The fourth-order valence-electron chi connectivity index (χ4n) is 4.01. The number of rotatable bonds is 7. The highest BCUT2D eigenvalue weighted by Gasteiger charge is 2.23. The lowest BCUT2D eigenvalue weighted by atomic mass is 10.2. The van der Waals surface area contributed by atoms with Gasteiger partial charge in [-0.1, -0.05) is 18.2 Å². The summed E-state index contributed by atoms with van der Waals surface area (Å²) in [6, 6.07) is 22.8. The molecule has 0 unspecified atom stereocenters. The SMILES string of the molecule is CCN(c1ccccc1)S(=O)(=O)c1ccc(C(=O)Nc2ccc(N3CCN(C)CC3)cc2)cc1. The molecule has 1 fully saturated rings. The molecular weight excluding hydrogens is 448 g/mol. The van der Waals surface area contributed by atoms with E-state index in [0.717, 1.165) is 31.9 Å². The Kier molecular flexibility index (Phi) is 7.19. The number of amides is 1. The lowest BCUT2D eigenvalue weighted by molar-refractivity contribution is 0.102. The molecule has 3 aromatic carbocycles. The minimum absolute atomic E-state index is 0.145. The van der Waals surface area contributed by atoms with Crippen molar-refractivity contribution in [2.75, 3.05) is 54.3 Å². The second-order valence-corrected chi connectivity index (χ2v) is 10.2. The molecule has 0 aromatic heterocycles. The standard InChI is InChI=1S/C26H30N4O3S/c1-3-30(24-7-5-4-6-8-24)34(32,33)25-15-9-21(10-16-25)26(31)27-22-11-13-23(14-12-22)29-19-17-28(2)18-20-29/h4-16H,3,17-20H2,1-2H3,(H,27,31). The number of para-hydroxylation sites is 1. The van der Waals surface area contributed by atoms with E-state index in [0.29, 0.717) is 23.5 Å². The normalized spacial score (nSPS) is 14.6. The summed E-state index contributed by atoms with van der Waals surface area (Å²) in [5.41, 5.74) is 2.83. The van der Waals surface area contributed by atoms with Crippen molar-refractivity contribution in [2.45, 2.75) is 11.8 Å². The van der Waals surface area contributed by atoms with Crippen LogP contribution < -0.4 is 14.5 Å². The second kappa shape index (κ2) is 10.3. The molecule has 4 rings (SSSR count). The number of benzene rings is 3. The van der Waals surface area contributed by atoms with Gasteiger partial charge in [-0.3, -0.25) is 9.10 Å². The third-order valence-electron chi connectivity index (χ3n) is 6.03. The van der Waals surface area contributed by atoms with Gasteiger partial charge in [0.2, 0.25) is 0 Å². The molecule has 0 saturated carbocycles. The average Bonchev–Trinajstić information content (AvgIpc) is 2.86. The fourth-order valence-corrected chi connectivity index (χ4v) is 5.49. The number of anilines is 3. The molecule has 34 heavy (non-hydrogen) atoms. The van der Waals surface area contributed by atoms with Crippen LogP contribution >= 0.6 is 0 Å². The highest BCUT2D eigenvalue weighted by Crippen LogP contribution is 2.24. The van der Waals surface area contributed by atoms with Crippen LogP contribution in [0.3, 0.4) is 0 Å². The first-order valence-electron chi connectivity index (χ1n) is 11.4. The number of likely N-dealkylation sites (N-methyl/N-ethyl adjacent to an activating group) is 1. The first-order chi connectivity index (χ1) is 16.4. The van der Waals surface area contributed by atoms with Crippen molar-refractivity contribution in [3.05, 3.63) is 84.4 Å². The lowest BCUT2D eigenvalue weighted by Gasteiger charge is -2.34. The Morgan fingerprint density at radius 1 is 0.882 bits per heavy atom. The van der Waals surface area contributed by atoms with E-state index in [9.17, 15) is 13.2 Å². The first-order valence-corrected chi connectivity index (χ1v) is 12.9. The largest absolute Gasteiger partial charge is 0.369 e. The first kappa shape index (κ1) is 23.8. The van der Waals surface area contributed by atoms with Gasteiger partial charge in [0.25, 0.3) is 15.9 Å². The molecule has 1 heterocycles. The number of nitrogens with zero attached hydrogens (tertiary/aromatic N) is 3. The van der Waals surface area contributed by atoms with Crippen molar-refractivity contribution in [2.24, 2.45) is 0 Å². The van der Waals surface area contributed by atoms with Gasteiger partial charge in [-0.15, -0.1) is 0 Å². The van der Waals surface area contributed by atoms with Crippen LogP contribution in [0.5, 0.6) is 0 Å². The molecule has 1 aliphatic rings. The third-order valence-corrected chi connectivity index (χ3v) is 7.95. The molecule has 178 valence electrons. The topological polar surface area (TPSA) is 73.0 Å². The van der Waals surface area contributed by atoms with Gasteiger partial charge in [0, 0.05) is 49.7 Å². The van der Waals surface area contributed by atoms with Crippen molar-refractivity contribution >= 4 is 33.0 Å². The Balaban J connectivity index is 1.43. The molecule has 1 saturated heterocycles. The molecule has 0 atom stereocenters. The van der Waals surface area contributed by atoms with Gasteiger partial charge >= 0.3 is 0 Å². The number of carbonyl (C=O) groups excluding carboxylic acids is 1. The van der Waals surface area contributed by atoms with E-state index < -0.39 is 10.0 Å². The van der Waals surface area contributed by atoms with Gasteiger partial charge in [0.1, 0.15) is 0 Å². The summed E-state index contributed by atoms with van der Waals surface area (Å²) in [6.07, 6.45) is 0. The van der Waals surface area contributed by atoms with Crippen LogP contribution in [-0.4, -0.2) is 59.0 Å². The summed E-state index contributed by atoms with van der Waals surface area (Å²) in [5.74, 6) is -0.285. The van der Waals surface area contributed by atoms with Crippen LogP contribution in [0.2, 0.25) is 0 Å². The van der Waals surface area contributed by atoms with Crippen LogP contribution in [0.4, 0.5) is 17.1 Å². The van der Waals surface area contributed by atoms with Crippen molar-refractivity contribution in [3.63, 3.8) is 0 Å². The van der Waals surface area contributed by atoms with Crippen molar-refractivity contribution < 1.29 is 13.2 Å². The molecular formula is C26H30N4O3S. The zero-order chi connectivity index (χ0) is 24.1. The van der Waals surface area contributed by atoms with Gasteiger partial charge in [0.05, 0.1) is 10.6 Å². The van der Waals surface area contributed by atoms with E-state index in [2.05, 4.69) is 22.2 Å².